The van der Waals surface area contributed by atoms with E-state index in [4.69, 9.17) is 9.16 Å². The van der Waals surface area contributed by atoms with E-state index in [1.54, 1.807) is 0 Å². The summed E-state index contributed by atoms with van der Waals surface area (Å²) in [5.74, 6) is 8.16. The van der Waals surface area contributed by atoms with Crippen molar-refractivity contribution in [3.05, 3.63) is 22.3 Å². The number of fused-ring (bicyclic) bond motifs is 2. The summed E-state index contributed by atoms with van der Waals surface area (Å²) in [6, 6.07) is 0. The molecule has 0 saturated heterocycles. The lowest BCUT2D eigenvalue weighted by Gasteiger charge is -2.39. The van der Waals surface area contributed by atoms with Crippen LogP contribution in [-0.2, 0) is 17.3 Å². The third-order valence-corrected chi connectivity index (χ3v) is 18.6. The molecular weight excluding hydrogens is 440 g/mol. The highest BCUT2D eigenvalue weighted by Crippen LogP contribution is 2.44. The molecule has 33 heavy (non-hydrogen) atoms. The van der Waals surface area contributed by atoms with Gasteiger partial charge in [0, 0.05) is 42.6 Å². The van der Waals surface area contributed by atoms with Gasteiger partial charge in [0.1, 0.15) is 5.75 Å². The zero-order valence-corrected chi connectivity index (χ0v) is 24.7. The molecule has 2 aliphatic rings. The Morgan fingerprint density at radius 2 is 1.61 bits per heavy atom. The highest BCUT2D eigenvalue weighted by molar-refractivity contribution is 6.93. The number of hydrogen-bond donors (Lipinski definition) is 0. The fourth-order valence-electron chi connectivity index (χ4n) is 4.43. The van der Waals surface area contributed by atoms with Gasteiger partial charge in [0.15, 0.2) is 14.1 Å². The largest absolute Gasteiger partial charge is 0.493 e. The number of benzene rings is 1. The summed E-state index contributed by atoms with van der Waals surface area (Å²) in [4.78, 5) is 13.0. The first-order valence-electron chi connectivity index (χ1n) is 12.6. The molecule has 0 spiro atoms. The maximum absolute atomic E-state index is 13.0. The monoisotopic (exact) mass is 484 g/mol. The van der Waals surface area contributed by atoms with Gasteiger partial charge in [-0.1, -0.05) is 66.5 Å². The molecule has 1 aliphatic carbocycles. The molecule has 0 aromatic heterocycles. The minimum atomic E-state index is -1.87. The lowest BCUT2D eigenvalue weighted by Crippen LogP contribution is -2.51. The van der Waals surface area contributed by atoms with Crippen molar-refractivity contribution < 1.29 is 14.0 Å². The Balaban J connectivity index is 1.90. The lowest BCUT2D eigenvalue weighted by atomic mass is 9.95. The van der Waals surface area contributed by atoms with Crippen molar-refractivity contribution in [2.75, 3.05) is 13.2 Å². The molecule has 3 rings (SSSR count). The van der Waals surface area contributed by atoms with Crippen LogP contribution in [0.25, 0.3) is 0 Å². The average Bonchev–Trinajstić information content (AvgIpc) is 3.29. The Labute approximate surface area is 204 Å². The van der Waals surface area contributed by atoms with Gasteiger partial charge in [0.25, 0.3) is 0 Å². The summed E-state index contributed by atoms with van der Waals surface area (Å²) in [5, 5.41) is 1.80. The lowest BCUT2D eigenvalue weighted by molar-refractivity contribution is 0.0994. The SMILES string of the molecule is CC(C)(C)[Si](C)(C)OCCCC#Cc1c2c(c([Si](C)(C)C(C)(C)C)c3c1C(=O)CC3)OCC2. The Hall–Kier alpha value is -1.36. The van der Waals surface area contributed by atoms with Crippen LogP contribution in [0.4, 0.5) is 0 Å². The van der Waals surface area contributed by atoms with Crippen molar-refractivity contribution in [3.63, 3.8) is 0 Å². The summed E-state index contributed by atoms with van der Waals surface area (Å²) < 4.78 is 12.6. The van der Waals surface area contributed by atoms with E-state index in [1.807, 2.05) is 0 Å². The minimum absolute atomic E-state index is 0.184. The number of ketones is 1. The van der Waals surface area contributed by atoms with Gasteiger partial charge in [0.05, 0.1) is 14.7 Å². The van der Waals surface area contributed by atoms with Crippen molar-refractivity contribution in [2.24, 2.45) is 0 Å². The Bertz CT molecular complexity index is 995. The van der Waals surface area contributed by atoms with E-state index in [0.29, 0.717) is 13.0 Å². The van der Waals surface area contributed by atoms with Gasteiger partial charge < -0.3 is 9.16 Å². The maximum atomic E-state index is 13.0. The zero-order chi connectivity index (χ0) is 24.8. The number of hydrogen-bond acceptors (Lipinski definition) is 3. The van der Waals surface area contributed by atoms with Crippen molar-refractivity contribution >= 4 is 27.4 Å². The van der Waals surface area contributed by atoms with Gasteiger partial charge in [-0.2, -0.15) is 0 Å². The Morgan fingerprint density at radius 3 is 2.21 bits per heavy atom. The quantitative estimate of drug-likeness (QED) is 0.268. The third kappa shape index (κ3) is 4.90. The Kier molecular flexibility index (Phi) is 7.17. The van der Waals surface area contributed by atoms with Gasteiger partial charge >= 0.3 is 0 Å². The topological polar surface area (TPSA) is 35.5 Å². The van der Waals surface area contributed by atoms with E-state index in [1.165, 1.54) is 16.3 Å². The van der Waals surface area contributed by atoms with Crippen LogP contribution in [0.1, 0.15) is 87.9 Å². The van der Waals surface area contributed by atoms with Crippen LogP contribution in [0.15, 0.2) is 0 Å². The second kappa shape index (κ2) is 9.02. The summed E-state index contributed by atoms with van der Waals surface area (Å²) in [5.41, 5.74) is 4.32. The highest BCUT2D eigenvalue weighted by Gasteiger charge is 2.45. The molecule has 5 heteroatoms. The molecule has 0 unspecified atom stereocenters. The molecule has 0 N–H and O–H groups in total. The van der Waals surface area contributed by atoms with Gasteiger partial charge in [0.2, 0.25) is 0 Å². The minimum Gasteiger partial charge on any atom is -0.493 e. The number of Topliss-reactive ketones (excluding diaryl/α,β-unsaturated/α-hetero) is 1. The molecule has 0 bridgehead atoms. The predicted octanol–water partition coefficient (Wildman–Crippen LogP) is 6.62. The van der Waals surface area contributed by atoms with Gasteiger partial charge in [-0.25, -0.2) is 0 Å². The normalized spacial score (nSPS) is 16.2. The fourth-order valence-corrected chi connectivity index (χ4v) is 8.06. The first-order chi connectivity index (χ1) is 15.1. The van der Waals surface area contributed by atoms with Crippen LogP contribution in [0.5, 0.6) is 5.75 Å². The number of rotatable bonds is 5. The smallest absolute Gasteiger partial charge is 0.191 e. The fraction of sp³-hybridized carbons (Fsp3) is 0.679. The van der Waals surface area contributed by atoms with Crippen LogP contribution >= 0.6 is 0 Å². The van der Waals surface area contributed by atoms with Crippen molar-refractivity contribution in [1.29, 1.82) is 0 Å². The zero-order valence-electron chi connectivity index (χ0n) is 22.7. The number of unbranched alkanes of at least 4 members (excludes halogenated alkanes) is 1. The van der Waals surface area contributed by atoms with Crippen LogP contribution in [0.3, 0.4) is 0 Å². The summed E-state index contributed by atoms with van der Waals surface area (Å²) in [6.45, 7) is 24.7. The van der Waals surface area contributed by atoms with E-state index in [-0.39, 0.29) is 15.9 Å². The summed E-state index contributed by atoms with van der Waals surface area (Å²) in [7, 11) is -3.58. The molecule has 3 nitrogen and oxygen atoms in total. The first kappa shape index (κ1) is 26.3. The first-order valence-corrected chi connectivity index (χ1v) is 18.5. The molecule has 1 aromatic carbocycles. The van der Waals surface area contributed by atoms with Gasteiger partial charge in [-0.15, -0.1) is 0 Å². The Morgan fingerprint density at radius 1 is 0.939 bits per heavy atom. The third-order valence-electron chi connectivity index (χ3n) is 8.56. The molecule has 0 saturated carbocycles. The molecule has 1 aromatic rings. The predicted molar refractivity (Wildman–Crippen MR) is 144 cm³/mol. The standard InChI is InChI=1S/C28H44O3Si2/c1-27(2,3)32(7,8)26-22-15-16-23(29)24(22)20(21-17-19-30-25(21)26)14-12-11-13-18-31-33(9,10)28(4,5)6/h11,13,15-19H2,1-10H3. The molecule has 0 amide bonds. The van der Waals surface area contributed by atoms with Crippen LogP contribution in [0, 0.1) is 11.8 Å². The molecule has 1 heterocycles. The second-order valence-corrected chi connectivity index (χ2v) is 22.9. The van der Waals surface area contributed by atoms with Crippen molar-refractivity contribution in [2.45, 2.75) is 110 Å². The van der Waals surface area contributed by atoms with E-state index in [0.717, 1.165) is 49.2 Å². The summed E-state index contributed by atoms with van der Waals surface area (Å²) in [6.07, 6.45) is 4.01. The van der Waals surface area contributed by atoms with E-state index in [9.17, 15) is 4.79 Å². The van der Waals surface area contributed by atoms with E-state index in [2.05, 4.69) is 79.6 Å². The molecule has 0 fully saturated rings. The number of carbonyl (C=O) groups excluding carboxylic acids is 1. The van der Waals surface area contributed by atoms with Crippen molar-refractivity contribution in [3.8, 4) is 17.6 Å². The van der Waals surface area contributed by atoms with Crippen LogP contribution in [0.2, 0.25) is 36.3 Å². The van der Waals surface area contributed by atoms with Gasteiger partial charge in [-0.05, 0) is 46.8 Å². The van der Waals surface area contributed by atoms with Crippen LogP contribution in [-0.4, -0.2) is 35.4 Å². The average molecular weight is 485 g/mol. The molecule has 182 valence electrons. The molecule has 0 atom stereocenters. The number of ether oxygens (including phenoxy) is 1. The highest BCUT2D eigenvalue weighted by atomic mass is 28.4. The summed E-state index contributed by atoms with van der Waals surface area (Å²) >= 11 is 0. The maximum Gasteiger partial charge on any atom is 0.191 e. The van der Waals surface area contributed by atoms with E-state index >= 15 is 0 Å². The van der Waals surface area contributed by atoms with E-state index < -0.39 is 16.4 Å². The van der Waals surface area contributed by atoms with Crippen molar-refractivity contribution in [1.82, 2.24) is 0 Å². The number of carbonyl (C=O) groups is 1. The van der Waals surface area contributed by atoms with Gasteiger partial charge in [-0.3, -0.25) is 4.79 Å². The molecule has 0 radical (unpaired) electrons. The van der Waals surface area contributed by atoms with Crippen LogP contribution < -0.4 is 9.92 Å². The molecular formula is C28H44O3Si2. The second-order valence-electron chi connectivity index (χ2n) is 12.8. The molecule has 1 aliphatic heterocycles.